The van der Waals surface area contributed by atoms with Gasteiger partial charge in [-0.3, -0.25) is 9.97 Å². The summed E-state index contributed by atoms with van der Waals surface area (Å²) in [6.07, 6.45) is 8.66. The SMILES string of the molecule is c1ccc2ncc(Nc3cnc4ccc(Nc5nnc(C6CCCC6)s5)nc4c3)cc2c1. The molecule has 8 heteroatoms. The van der Waals surface area contributed by atoms with Gasteiger partial charge in [-0.05, 0) is 43.2 Å². The Kier molecular flexibility index (Phi) is 4.84. The summed E-state index contributed by atoms with van der Waals surface area (Å²) in [5, 5.41) is 18.4. The van der Waals surface area contributed by atoms with Crippen molar-refractivity contribution in [2.24, 2.45) is 0 Å². The number of rotatable bonds is 5. The summed E-state index contributed by atoms with van der Waals surface area (Å²) in [6.45, 7) is 0. The molecule has 7 nitrogen and oxygen atoms in total. The fourth-order valence-electron chi connectivity index (χ4n) is 4.18. The monoisotopic (exact) mass is 439 g/mol. The molecule has 4 heterocycles. The zero-order valence-electron chi connectivity index (χ0n) is 17.3. The number of anilines is 4. The summed E-state index contributed by atoms with van der Waals surface area (Å²) >= 11 is 1.63. The highest BCUT2D eigenvalue weighted by Gasteiger charge is 2.21. The Labute approximate surface area is 189 Å². The summed E-state index contributed by atoms with van der Waals surface area (Å²) in [7, 11) is 0. The molecule has 6 rings (SSSR count). The third kappa shape index (κ3) is 3.85. The molecule has 1 fully saturated rings. The molecule has 0 bridgehead atoms. The van der Waals surface area contributed by atoms with Gasteiger partial charge in [-0.1, -0.05) is 42.4 Å². The van der Waals surface area contributed by atoms with Crippen LogP contribution in [0.15, 0.2) is 60.9 Å². The Morgan fingerprint density at radius 2 is 1.59 bits per heavy atom. The number of hydrogen-bond donors (Lipinski definition) is 2. The van der Waals surface area contributed by atoms with Crippen LogP contribution < -0.4 is 10.6 Å². The predicted molar refractivity (Wildman–Crippen MR) is 129 cm³/mol. The van der Waals surface area contributed by atoms with Crippen molar-refractivity contribution in [2.45, 2.75) is 31.6 Å². The quantitative estimate of drug-likeness (QED) is 0.338. The van der Waals surface area contributed by atoms with E-state index in [2.05, 4.69) is 42.9 Å². The normalized spacial score (nSPS) is 14.2. The van der Waals surface area contributed by atoms with Crippen LogP contribution in [0.25, 0.3) is 21.9 Å². The molecule has 4 aromatic heterocycles. The molecule has 0 aliphatic heterocycles. The van der Waals surface area contributed by atoms with Crippen LogP contribution in [-0.2, 0) is 0 Å². The van der Waals surface area contributed by atoms with Gasteiger partial charge in [-0.2, -0.15) is 0 Å². The van der Waals surface area contributed by atoms with Gasteiger partial charge in [0.15, 0.2) is 0 Å². The lowest BCUT2D eigenvalue weighted by atomic mass is 10.1. The third-order valence-corrected chi connectivity index (χ3v) is 6.80. The molecule has 0 radical (unpaired) electrons. The topological polar surface area (TPSA) is 88.5 Å². The maximum Gasteiger partial charge on any atom is 0.211 e. The molecule has 1 aliphatic carbocycles. The number of aromatic nitrogens is 5. The van der Waals surface area contributed by atoms with E-state index in [1.54, 1.807) is 11.3 Å². The molecular formula is C24H21N7S. The van der Waals surface area contributed by atoms with Gasteiger partial charge in [0.05, 0.1) is 40.3 Å². The van der Waals surface area contributed by atoms with Gasteiger partial charge < -0.3 is 10.6 Å². The van der Waals surface area contributed by atoms with Crippen LogP contribution in [0.3, 0.4) is 0 Å². The Balaban J connectivity index is 1.23. The molecule has 0 unspecified atom stereocenters. The van der Waals surface area contributed by atoms with Gasteiger partial charge >= 0.3 is 0 Å². The van der Waals surface area contributed by atoms with E-state index in [-0.39, 0.29) is 0 Å². The molecule has 5 aromatic rings. The maximum absolute atomic E-state index is 4.74. The Morgan fingerprint density at radius 3 is 2.50 bits per heavy atom. The second-order valence-corrected chi connectivity index (χ2v) is 9.06. The third-order valence-electron chi connectivity index (χ3n) is 5.80. The summed E-state index contributed by atoms with van der Waals surface area (Å²) < 4.78 is 0. The van der Waals surface area contributed by atoms with E-state index in [4.69, 9.17) is 4.98 Å². The fraction of sp³-hybridized carbons (Fsp3) is 0.208. The molecule has 158 valence electrons. The lowest BCUT2D eigenvalue weighted by molar-refractivity contribution is 0.705. The van der Waals surface area contributed by atoms with Gasteiger partial charge in [-0.15, -0.1) is 10.2 Å². The van der Waals surface area contributed by atoms with Crippen LogP contribution in [0, 0.1) is 0 Å². The minimum absolute atomic E-state index is 0.565. The molecule has 0 amide bonds. The minimum atomic E-state index is 0.565. The molecule has 1 saturated carbocycles. The van der Waals surface area contributed by atoms with Gasteiger partial charge in [0.1, 0.15) is 10.8 Å². The van der Waals surface area contributed by atoms with E-state index in [1.165, 1.54) is 25.7 Å². The Morgan fingerprint density at radius 1 is 0.781 bits per heavy atom. The van der Waals surface area contributed by atoms with Crippen molar-refractivity contribution < 1.29 is 0 Å². The number of hydrogen-bond acceptors (Lipinski definition) is 8. The van der Waals surface area contributed by atoms with Gasteiger partial charge in [-0.25, -0.2) is 4.98 Å². The molecule has 0 spiro atoms. The summed E-state index contributed by atoms with van der Waals surface area (Å²) in [4.78, 5) is 13.8. The number of nitrogens with one attached hydrogen (secondary N) is 2. The number of pyridine rings is 3. The van der Waals surface area contributed by atoms with Crippen molar-refractivity contribution >= 4 is 55.6 Å². The van der Waals surface area contributed by atoms with E-state index in [0.29, 0.717) is 5.92 Å². The van der Waals surface area contributed by atoms with E-state index in [1.807, 2.05) is 48.8 Å². The Hall–Kier alpha value is -3.65. The summed E-state index contributed by atoms with van der Waals surface area (Å²) in [5.74, 6) is 1.30. The molecule has 1 aromatic carbocycles. The maximum atomic E-state index is 4.74. The lowest BCUT2D eigenvalue weighted by Gasteiger charge is -2.08. The summed E-state index contributed by atoms with van der Waals surface area (Å²) in [6, 6.07) is 16.0. The smallest absolute Gasteiger partial charge is 0.211 e. The van der Waals surface area contributed by atoms with Crippen LogP contribution in [0.2, 0.25) is 0 Å². The molecule has 1 aliphatic rings. The van der Waals surface area contributed by atoms with Crippen LogP contribution in [0.4, 0.5) is 22.3 Å². The zero-order valence-corrected chi connectivity index (χ0v) is 18.1. The van der Waals surface area contributed by atoms with Crippen LogP contribution in [-0.4, -0.2) is 25.1 Å². The number of benzene rings is 1. The first kappa shape index (κ1) is 19.1. The largest absolute Gasteiger partial charge is 0.353 e. The predicted octanol–water partition coefficient (Wildman–Crippen LogP) is 6.17. The standard InChI is InChI=1S/C24H21N7S/c1-2-6-15(5-1)23-30-31-24(32-23)29-22-10-9-20-21(28-22)12-18(14-26-20)27-17-11-16-7-3-4-8-19(16)25-13-17/h3-4,7-15,27H,1-2,5-6H2,(H,28,29,31). The summed E-state index contributed by atoms with van der Waals surface area (Å²) in [5.41, 5.74) is 4.38. The van der Waals surface area contributed by atoms with Crippen LogP contribution in [0.1, 0.15) is 36.6 Å². The number of fused-ring (bicyclic) bond motifs is 2. The number of para-hydroxylation sites is 1. The first-order chi connectivity index (χ1) is 15.8. The molecule has 32 heavy (non-hydrogen) atoms. The van der Waals surface area contributed by atoms with E-state index < -0.39 is 0 Å². The lowest BCUT2D eigenvalue weighted by Crippen LogP contribution is -1.96. The van der Waals surface area contributed by atoms with Crippen LogP contribution in [0.5, 0.6) is 0 Å². The first-order valence-electron chi connectivity index (χ1n) is 10.8. The van der Waals surface area contributed by atoms with E-state index in [0.717, 1.165) is 49.3 Å². The highest BCUT2D eigenvalue weighted by molar-refractivity contribution is 7.15. The Bertz CT molecular complexity index is 1410. The zero-order chi connectivity index (χ0) is 21.3. The fourth-order valence-corrected chi connectivity index (χ4v) is 5.10. The van der Waals surface area contributed by atoms with Crippen molar-refractivity contribution in [3.8, 4) is 0 Å². The molecule has 0 atom stereocenters. The second-order valence-electron chi connectivity index (χ2n) is 8.05. The van der Waals surface area contributed by atoms with E-state index in [9.17, 15) is 0 Å². The van der Waals surface area contributed by atoms with Crippen molar-refractivity contribution in [3.63, 3.8) is 0 Å². The molecule has 2 N–H and O–H groups in total. The van der Waals surface area contributed by atoms with Crippen molar-refractivity contribution in [2.75, 3.05) is 10.6 Å². The van der Waals surface area contributed by atoms with Crippen molar-refractivity contribution in [3.05, 3.63) is 65.9 Å². The van der Waals surface area contributed by atoms with E-state index >= 15 is 0 Å². The molecular weight excluding hydrogens is 418 g/mol. The minimum Gasteiger partial charge on any atom is -0.353 e. The first-order valence-corrected chi connectivity index (χ1v) is 11.6. The van der Waals surface area contributed by atoms with Gasteiger partial charge in [0, 0.05) is 11.3 Å². The van der Waals surface area contributed by atoms with Crippen molar-refractivity contribution in [1.29, 1.82) is 0 Å². The highest BCUT2D eigenvalue weighted by atomic mass is 32.1. The van der Waals surface area contributed by atoms with Crippen molar-refractivity contribution in [1.82, 2.24) is 25.1 Å². The van der Waals surface area contributed by atoms with Gasteiger partial charge in [0.2, 0.25) is 5.13 Å². The second kappa shape index (κ2) is 8.12. The average molecular weight is 440 g/mol. The molecule has 0 saturated heterocycles. The number of nitrogens with zero attached hydrogens (tertiary/aromatic N) is 5. The van der Waals surface area contributed by atoms with Gasteiger partial charge in [0.25, 0.3) is 0 Å². The average Bonchev–Trinajstić information content (AvgIpc) is 3.51. The highest BCUT2D eigenvalue weighted by Crippen LogP contribution is 2.37. The van der Waals surface area contributed by atoms with Crippen LogP contribution >= 0.6 is 11.3 Å².